The number of halogens is 1. The molecule has 1 saturated heterocycles. The van der Waals surface area contributed by atoms with E-state index in [1.165, 1.54) is 18.4 Å². The lowest BCUT2D eigenvalue weighted by atomic mass is 10.1. The Bertz CT molecular complexity index is 839. The average molecular weight is 417 g/mol. The molecule has 2 heterocycles. The standard InChI is InChI=1S/C22H29ClN4O2/c1-26-14-16(13-24-26)15-27-10-8-19(9-11-27)29-21-7-6-17(12-20(21)23)22(28)25-18-4-2-3-5-18/h6-7,12-14,18-19H,2-5,8-11,15H2,1H3,(H,25,28). The fraction of sp³-hybridized carbons (Fsp3) is 0.545. The number of ether oxygens (including phenoxy) is 1. The molecule has 1 aliphatic heterocycles. The zero-order chi connectivity index (χ0) is 20.2. The van der Waals surface area contributed by atoms with Gasteiger partial charge in [0.25, 0.3) is 5.91 Å². The number of carbonyl (C=O) groups excluding carboxylic acids is 1. The number of nitrogens with zero attached hydrogens (tertiary/aromatic N) is 3. The van der Waals surface area contributed by atoms with Gasteiger partial charge in [0.1, 0.15) is 11.9 Å². The molecule has 1 aliphatic carbocycles. The summed E-state index contributed by atoms with van der Waals surface area (Å²) in [4.78, 5) is 14.8. The lowest BCUT2D eigenvalue weighted by Crippen LogP contribution is -2.37. The second-order valence-corrected chi connectivity index (χ2v) is 8.62. The number of rotatable bonds is 6. The molecule has 0 spiro atoms. The van der Waals surface area contributed by atoms with E-state index in [9.17, 15) is 4.79 Å². The Labute approximate surface area is 177 Å². The topological polar surface area (TPSA) is 59.4 Å². The van der Waals surface area contributed by atoms with E-state index in [1.807, 2.05) is 30.1 Å². The van der Waals surface area contributed by atoms with Crippen molar-refractivity contribution in [2.75, 3.05) is 13.1 Å². The molecule has 156 valence electrons. The first-order valence-electron chi connectivity index (χ1n) is 10.5. The molecule has 29 heavy (non-hydrogen) atoms. The molecule has 6 nitrogen and oxygen atoms in total. The van der Waals surface area contributed by atoms with E-state index < -0.39 is 0 Å². The first-order chi connectivity index (χ1) is 14.1. The second kappa shape index (κ2) is 9.18. The van der Waals surface area contributed by atoms with Gasteiger partial charge in [-0.15, -0.1) is 0 Å². The van der Waals surface area contributed by atoms with Crippen molar-refractivity contribution in [2.45, 2.75) is 57.2 Å². The molecule has 2 aromatic rings. The van der Waals surface area contributed by atoms with Gasteiger partial charge in [-0.1, -0.05) is 24.4 Å². The van der Waals surface area contributed by atoms with Crippen molar-refractivity contribution in [3.63, 3.8) is 0 Å². The van der Waals surface area contributed by atoms with Crippen LogP contribution in [0.3, 0.4) is 0 Å². The Morgan fingerprint density at radius 1 is 1.24 bits per heavy atom. The number of carbonyl (C=O) groups is 1. The molecule has 0 unspecified atom stereocenters. The highest BCUT2D eigenvalue weighted by Crippen LogP contribution is 2.29. The number of piperidine rings is 1. The quantitative estimate of drug-likeness (QED) is 0.778. The number of aryl methyl sites for hydroxylation is 1. The molecule has 1 saturated carbocycles. The number of hydrogen-bond donors (Lipinski definition) is 1. The summed E-state index contributed by atoms with van der Waals surface area (Å²) in [7, 11) is 1.94. The molecule has 0 radical (unpaired) electrons. The smallest absolute Gasteiger partial charge is 0.251 e. The van der Waals surface area contributed by atoms with Gasteiger partial charge in [0.15, 0.2) is 0 Å². The van der Waals surface area contributed by atoms with Crippen molar-refractivity contribution in [3.8, 4) is 5.75 Å². The maximum atomic E-state index is 12.4. The van der Waals surface area contributed by atoms with Crippen LogP contribution in [0.1, 0.15) is 54.4 Å². The van der Waals surface area contributed by atoms with Crippen molar-refractivity contribution in [2.24, 2.45) is 7.05 Å². The van der Waals surface area contributed by atoms with Gasteiger partial charge in [0, 0.05) is 50.0 Å². The number of benzene rings is 1. The Morgan fingerprint density at radius 3 is 2.66 bits per heavy atom. The fourth-order valence-electron chi connectivity index (χ4n) is 4.25. The first kappa shape index (κ1) is 20.2. The minimum absolute atomic E-state index is 0.0472. The van der Waals surface area contributed by atoms with Crippen LogP contribution in [-0.4, -0.2) is 45.8 Å². The van der Waals surface area contributed by atoms with Gasteiger partial charge >= 0.3 is 0 Å². The highest BCUT2D eigenvalue weighted by molar-refractivity contribution is 6.32. The van der Waals surface area contributed by atoms with E-state index in [4.69, 9.17) is 16.3 Å². The molecule has 2 fully saturated rings. The summed E-state index contributed by atoms with van der Waals surface area (Å²) in [5.41, 5.74) is 1.84. The lowest BCUT2D eigenvalue weighted by Gasteiger charge is -2.32. The van der Waals surface area contributed by atoms with Crippen LogP contribution in [0.5, 0.6) is 5.75 Å². The molecule has 1 amide bonds. The van der Waals surface area contributed by atoms with Gasteiger partial charge in [0.05, 0.1) is 11.2 Å². The lowest BCUT2D eigenvalue weighted by molar-refractivity contribution is 0.0936. The van der Waals surface area contributed by atoms with Gasteiger partial charge in [-0.2, -0.15) is 5.10 Å². The molecule has 0 bridgehead atoms. The van der Waals surface area contributed by atoms with Crippen molar-refractivity contribution in [1.82, 2.24) is 20.0 Å². The zero-order valence-electron chi connectivity index (χ0n) is 16.9. The molecular formula is C22H29ClN4O2. The largest absolute Gasteiger partial charge is 0.489 e. The van der Waals surface area contributed by atoms with E-state index >= 15 is 0 Å². The minimum Gasteiger partial charge on any atom is -0.489 e. The molecule has 1 aromatic carbocycles. The van der Waals surface area contributed by atoms with Gasteiger partial charge in [-0.05, 0) is 43.9 Å². The monoisotopic (exact) mass is 416 g/mol. The maximum Gasteiger partial charge on any atom is 0.251 e. The molecule has 1 aromatic heterocycles. The van der Waals surface area contributed by atoms with Crippen LogP contribution in [0.2, 0.25) is 5.02 Å². The van der Waals surface area contributed by atoms with Crippen molar-refractivity contribution < 1.29 is 9.53 Å². The van der Waals surface area contributed by atoms with Crippen LogP contribution in [0.25, 0.3) is 0 Å². The van der Waals surface area contributed by atoms with Crippen LogP contribution in [-0.2, 0) is 13.6 Å². The van der Waals surface area contributed by atoms with Crippen LogP contribution in [0.15, 0.2) is 30.6 Å². The van der Waals surface area contributed by atoms with Gasteiger partial charge < -0.3 is 10.1 Å². The Kier molecular flexibility index (Phi) is 6.40. The van der Waals surface area contributed by atoms with Gasteiger partial charge in [-0.3, -0.25) is 14.4 Å². The highest BCUT2D eigenvalue weighted by atomic mass is 35.5. The molecule has 7 heteroatoms. The average Bonchev–Trinajstić information content (AvgIpc) is 3.36. The third-order valence-electron chi connectivity index (χ3n) is 5.88. The molecule has 2 aliphatic rings. The summed E-state index contributed by atoms with van der Waals surface area (Å²) in [6.45, 7) is 2.89. The third-order valence-corrected chi connectivity index (χ3v) is 6.17. The van der Waals surface area contributed by atoms with Gasteiger partial charge in [-0.25, -0.2) is 0 Å². The number of aromatic nitrogens is 2. The fourth-order valence-corrected chi connectivity index (χ4v) is 4.48. The summed E-state index contributed by atoms with van der Waals surface area (Å²) in [6, 6.07) is 5.66. The third kappa shape index (κ3) is 5.31. The predicted octanol–water partition coefficient (Wildman–Crippen LogP) is 3.79. The summed E-state index contributed by atoms with van der Waals surface area (Å²) >= 11 is 6.42. The summed E-state index contributed by atoms with van der Waals surface area (Å²) in [5, 5.41) is 7.83. The number of nitrogens with one attached hydrogen (secondary N) is 1. The first-order valence-corrected chi connectivity index (χ1v) is 10.9. The van der Waals surface area contributed by atoms with Gasteiger partial charge in [0.2, 0.25) is 0 Å². The van der Waals surface area contributed by atoms with Crippen molar-refractivity contribution in [3.05, 3.63) is 46.7 Å². The van der Waals surface area contributed by atoms with Crippen LogP contribution >= 0.6 is 11.6 Å². The SMILES string of the molecule is Cn1cc(CN2CCC(Oc3ccc(C(=O)NC4CCCC4)cc3Cl)CC2)cn1. The molecule has 1 N–H and O–H groups in total. The molecular weight excluding hydrogens is 388 g/mol. The van der Waals surface area contributed by atoms with E-state index in [-0.39, 0.29) is 12.0 Å². The van der Waals surface area contributed by atoms with Crippen molar-refractivity contribution >= 4 is 17.5 Å². The second-order valence-electron chi connectivity index (χ2n) is 8.22. The van der Waals surface area contributed by atoms with E-state index in [2.05, 4.69) is 21.5 Å². The summed E-state index contributed by atoms with van der Waals surface area (Å²) in [6.07, 6.45) is 10.6. The van der Waals surface area contributed by atoms with E-state index in [1.54, 1.807) is 6.07 Å². The van der Waals surface area contributed by atoms with Crippen LogP contribution in [0.4, 0.5) is 0 Å². The Balaban J connectivity index is 1.27. The summed E-state index contributed by atoms with van der Waals surface area (Å²) < 4.78 is 7.99. The van der Waals surface area contributed by atoms with Crippen LogP contribution in [0, 0.1) is 0 Å². The minimum atomic E-state index is -0.0472. The van der Waals surface area contributed by atoms with Crippen LogP contribution < -0.4 is 10.1 Å². The summed E-state index contributed by atoms with van der Waals surface area (Å²) in [5.74, 6) is 0.615. The van der Waals surface area contributed by atoms with E-state index in [0.29, 0.717) is 22.4 Å². The normalized spacial score (nSPS) is 18.8. The van der Waals surface area contributed by atoms with E-state index in [0.717, 1.165) is 45.3 Å². The molecule has 0 atom stereocenters. The number of amides is 1. The maximum absolute atomic E-state index is 12.4. The Hall–Kier alpha value is -2.05. The number of likely N-dealkylation sites (tertiary alicyclic amines) is 1. The zero-order valence-corrected chi connectivity index (χ0v) is 17.7. The molecule has 4 rings (SSSR count). The number of hydrogen-bond acceptors (Lipinski definition) is 4. The Morgan fingerprint density at radius 2 is 2.00 bits per heavy atom. The predicted molar refractivity (Wildman–Crippen MR) is 113 cm³/mol. The highest BCUT2D eigenvalue weighted by Gasteiger charge is 2.23. The van der Waals surface area contributed by atoms with Crippen molar-refractivity contribution in [1.29, 1.82) is 0 Å².